The maximum atomic E-state index is 9.53. The van der Waals surface area contributed by atoms with E-state index in [1.807, 2.05) is 0 Å². The molecule has 2 rings (SSSR count). The van der Waals surface area contributed by atoms with Crippen LogP contribution in [0.2, 0.25) is 0 Å². The van der Waals surface area contributed by atoms with Crippen molar-refractivity contribution in [3.8, 4) is 0 Å². The predicted octanol–water partition coefficient (Wildman–Crippen LogP) is 10.2. The van der Waals surface area contributed by atoms with Gasteiger partial charge in [0.15, 0.2) is 0 Å². The summed E-state index contributed by atoms with van der Waals surface area (Å²) in [6.07, 6.45) is 16.0. The Balaban J connectivity index is 2.69. The van der Waals surface area contributed by atoms with Crippen molar-refractivity contribution in [1.29, 1.82) is 0 Å². The zero-order valence-electron chi connectivity index (χ0n) is 23.4. The van der Waals surface area contributed by atoms with E-state index in [4.69, 9.17) is 0 Å². The molecule has 2 nitrogen and oxygen atoms in total. The predicted molar refractivity (Wildman–Crippen MR) is 157 cm³/mol. The van der Waals surface area contributed by atoms with Crippen LogP contribution < -0.4 is 0 Å². The molecule has 0 fully saturated rings. The number of allylic oxidation sites excluding steroid dienone is 2. The third kappa shape index (κ3) is 9.77. The summed E-state index contributed by atoms with van der Waals surface area (Å²) in [6.45, 7) is 8.97. The van der Waals surface area contributed by atoms with Crippen molar-refractivity contribution in [3.05, 3.63) is 87.5 Å². The van der Waals surface area contributed by atoms with E-state index in [1.165, 1.54) is 78.3 Å². The molecule has 0 aromatic heterocycles. The van der Waals surface area contributed by atoms with E-state index in [1.54, 1.807) is 0 Å². The fraction of sp³-hybridized carbons (Fsp3) is 0.529. The summed E-state index contributed by atoms with van der Waals surface area (Å²) in [6, 6.07) is 18.3. The minimum atomic E-state index is 0.885. The van der Waals surface area contributed by atoms with Crippen LogP contribution in [0.25, 0.3) is 11.1 Å². The number of hydrogen-bond acceptors (Lipinski definition) is 0. The maximum absolute atomic E-state index is 9.53. The number of hydrogen-bond donors (Lipinski definition) is 0. The number of aryl methyl sites for hydroxylation is 2. The molecule has 0 unspecified atom stereocenters. The first-order chi connectivity index (χ1) is 17.7. The number of nitrogens with zero attached hydrogens (tertiary/aromatic N) is 2. The lowest BCUT2D eigenvalue weighted by Crippen LogP contribution is -2.02. The lowest BCUT2D eigenvalue weighted by atomic mass is 9.84. The first-order valence-corrected chi connectivity index (χ1v) is 14.6. The van der Waals surface area contributed by atoms with Gasteiger partial charge in [-0.3, -0.25) is 0 Å². The van der Waals surface area contributed by atoms with Gasteiger partial charge in [-0.15, -0.1) is 4.79 Å². The van der Waals surface area contributed by atoms with E-state index < -0.39 is 0 Å². The highest BCUT2D eigenvalue weighted by molar-refractivity contribution is 5.87. The van der Waals surface area contributed by atoms with Crippen LogP contribution in [0.15, 0.2) is 59.7 Å². The molecule has 0 heterocycles. The molecule has 0 saturated heterocycles. The second-order valence-corrected chi connectivity index (χ2v) is 10.1. The maximum Gasteiger partial charge on any atom is 0.303 e. The van der Waals surface area contributed by atoms with Crippen LogP contribution in [0.1, 0.15) is 127 Å². The monoisotopic (exact) mass is 484 g/mol. The van der Waals surface area contributed by atoms with Gasteiger partial charge in [0.1, 0.15) is 0 Å². The average Bonchev–Trinajstić information content (AvgIpc) is 2.90. The second kappa shape index (κ2) is 17.7. The topological polar surface area (TPSA) is 36.4 Å². The zero-order chi connectivity index (χ0) is 26.0. The summed E-state index contributed by atoms with van der Waals surface area (Å²) in [5.74, 6) is 3.00. The van der Waals surface area contributed by atoms with Crippen molar-refractivity contribution >= 4 is 11.4 Å². The summed E-state index contributed by atoms with van der Waals surface area (Å²) in [5, 5.41) is 0. The molecule has 0 N–H and O–H groups in total. The third-order valence-electron chi connectivity index (χ3n) is 7.01. The van der Waals surface area contributed by atoms with Crippen molar-refractivity contribution in [2.75, 3.05) is 0 Å². The molecule has 0 bridgehead atoms. The first kappa shape index (κ1) is 29.6. The molecule has 2 aromatic carbocycles. The van der Waals surface area contributed by atoms with Gasteiger partial charge in [0.05, 0.1) is 5.57 Å². The lowest BCUT2D eigenvalue weighted by Gasteiger charge is -2.18. The highest BCUT2D eigenvalue weighted by Gasteiger charge is 2.18. The third-order valence-corrected chi connectivity index (χ3v) is 7.01. The molecule has 2 heteroatoms. The highest BCUT2D eigenvalue weighted by Crippen LogP contribution is 2.35. The summed E-state index contributed by atoms with van der Waals surface area (Å²) in [5.41, 5.74) is 18.5. The van der Waals surface area contributed by atoms with Crippen LogP contribution in [-0.4, -0.2) is 10.7 Å². The van der Waals surface area contributed by atoms with Crippen LogP contribution >= 0.6 is 0 Å². The van der Waals surface area contributed by atoms with Crippen LogP contribution in [0, 0.1) is 0 Å². The molecular weight excluding hydrogens is 436 g/mol. The van der Waals surface area contributed by atoms with Gasteiger partial charge in [-0.05, 0) is 84.8 Å². The van der Waals surface area contributed by atoms with E-state index in [9.17, 15) is 5.53 Å². The highest BCUT2D eigenvalue weighted by atomic mass is 14.8. The molecule has 2 aromatic rings. The Morgan fingerprint density at radius 2 is 1.33 bits per heavy atom. The molecule has 0 atom stereocenters. The van der Waals surface area contributed by atoms with Gasteiger partial charge in [0.25, 0.3) is 0 Å². The largest absolute Gasteiger partial charge is 0.348 e. The van der Waals surface area contributed by atoms with Crippen molar-refractivity contribution in [2.24, 2.45) is 0 Å². The minimum Gasteiger partial charge on any atom is -0.348 e. The van der Waals surface area contributed by atoms with Crippen molar-refractivity contribution in [2.45, 2.75) is 118 Å². The van der Waals surface area contributed by atoms with Gasteiger partial charge < -0.3 is 5.53 Å². The second-order valence-electron chi connectivity index (χ2n) is 10.1. The van der Waals surface area contributed by atoms with Gasteiger partial charge >= 0.3 is 5.87 Å². The smallest absolute Gasteiger partial charge is 0.303 e. The molecule has 36 heavy (non-hydrogen) atoms. The Morgan fingerprint density at radius 3 is 2.00 bits per heavy atom. The lowest BCUT2D eigenvalue weighted by molar-refractivity contribution is 0.00739. The summed E-state index contributed by atoms with van der Waals surface area (Å²) >= 11 is 0. The molecule has 0 aliphatic rings. The van der Waals surface area contributed by atoms with Gasteiger partial charge in [-0.2, -0.15) is 0 Å². The summed E-state index contributed by atoms with van der Waals surface area (Å²) in [7, 11) is 0. The summed E-state index contributed by atoms with van der Waals surface area (Å²) < 4.78 is 0. The van der Waals surface area contributed by atoms with Crippen LogP contribution in [0.3, 0.4) is 0 Å². The Bertz CT molecular complexity index is 1020. The van der Waals surface area contributed by atoms with E-state index in [-0.39, 0.29) is 0 Å². The van der Waals surface area contributed by atoms with Gasteiger partial charge in [-0.25, -0.2) is 0 Å². The molecule has 0 aliphatic carbocycles. The fourth-order valence-electron chi connectivity index (χ4n) is 4.86. The van der Waals surface area contributed by atoms with Crippen LogP contribution in [0.4, 0.5) is 0 Å². The first-order valence-electron chi connectivity index (χ1n) is 14.6. The molecule has 0 aliphatic heterocycles. The number of benzene rings is 2. The molecule has 0 saturated carbocycles. The quantitative estimate of drug-likeness (QED) is 0.0704. The molecule has 0 spiro atoms. The SMILES string of the molecule is CCCCCC(C(=C=[N+]=[N-])CCCC)=C(c1ccc(CCCCC)cc1)c1cccc(CCCC)c1. The van der Waals surface area contributed by atoms with Gasteiger partial charge in [-0.1, -0.05) is 115 Å². The van der Waals surface area contributed by atoms with Crippen molar-refractivity contribution < 1.29 is 4.79 Å². The minimum absolute atomic E-state index is 0.885. The van der Waals surface area contributed by atoms with Gasteiger partial charge in [0, 0.05) is 0 Å². The van der Waals surface area contributed by atoms with E-state index in [0.717, 1.165) is 50.5 Å². The summed E-state index contributed by atoms with van der Waals surface area (Å²) in [4.78, 5) is 3.40. The number of rotatable bonds is 17. The van der Waals surface area contributed by atoms with Gasteiger partial charge in [0.2, 0.25) is 0 Å². The molecule has 0 radical (unpaired) electrons. The molecular formula is C34H48N2. The molecule has 194 valence electrons. The Kier molecular flexibility index (Phi) is 14.6. The van der Waals surface area contributed by atoms with E-state index in [2.05, 4.69) is 86.9 Å². The fourth-order valence-corrected chi connectivity index (χ4v) is 4.86. The van der Waals surface area contributed by atoms with Crippen LogP contribution in [-0.2, 0) is 12.8 Å². The van der Waals surface area contributed by atoms with E-state index in [0.29, 0.717) is 0 Å². The van der Waals surface area contributed by atoms with Crippen molar-refractivity contribution in [1.82, 2.24) is 0 Å². The molecule has 0 amide bonds. The van der Waals surface area contributed by atoms with Crippen molar-refractivity contribution in [3.63, 3.8) is 0 Å². The van der Waals surface area contributed by atoms with Crippen LogP contribution in [0.5, 0.6) is 0 Å². The zero-order valence-corrected chi connectivity index (χ0v) is 23.4. The Labute approximate surface area is 221 Å². The standard InChI is InChI=1S/C34H48N2/c1-5-9-13-17-28-22-24-30(25-23-28)34(31-20-15-18-29(26-31)16-11-7-3)33(21-14-10-6-2)32(27-36-35)19-12-8-4/h15,18,20,22-26H,5-14,16-17,19,21H2,1-4H3. The number of unbranched alkanes of at least 4 members (excludes halogenated alkanes) is 6. The Hall–Kier alpha value is -2.66. The average molecular weight is 485 g/mol. The Morgan fingerprint density at radius 1 is 0.667 bits per heavy atom. The van der Waals surface area contributed by atoms with E-state index >= 15 is 0 Å². The normalized spacial score (nSPS) is 11.6.